The number of benzene rings is 3. The molecule has 3 aromatic rings. The molecule has 0 fully saturated rings. The van der Waals surface area contributed by atoms with E-state index >= 15 is 0 Å². The molecular weight excluding hydrogens is 294 g/mol. The Morgan fingerprint density at radius 3 is 2.46 bits per heavy atom. The van der Waals surface area contributed by atoms with Crippen LogP contribution < -0.4 is 25.8 Å². The van der Waals surface area contributed by atoms with Crippen molar-refractivity contribution in [1.29, 1.82) is 0 Å². The van der Waals surface area contributed by atoms with Gasteiger partial charge in [0.25, 0.3) is 0 Å². The lowest BCUT2D eigenvalue weighted by atomic mass is 10.00. The van der Waals surface area contributed by atoms with Crippen LogP contribution >= 0.6 is 0 Å². The summed E-state index contributed by atoms with van der Waals surface area (Å²) in [4.78, 5) is 4.71. The normalized spacial score (nSPS) is 12.5. The zero-order valence-corrected chi connectivity index (χ0v) is 13.4. The molecule has 2 heteroatoms. The van der Waals surface area contributed by atoms with Crippen molar-refractivity contribution in [3.63, 3.8) is 0 Å². The Labute approximate surface area is 140 Å². The van der Waals surface area contributed by atoms with E-state index in [1.165, 1.54) is 0 Å². The quantitative estimate of drug-likeness (QED) is 0.706. The topological polar surface area (TPSA) is 21.6 Å². The van der Waals surface area contributed by atoms with Gasteiger partial charge in [0.05, 0.1) is 12.5 Å². The summed E-state index contributed by atoms with van der Waals surface area (Å²) in [7, 11) is 1.69. The molecule has 0 amide bonds. The smallest absolute Gasteiger partial charge is 0.119 e. The Morgan fingerprint density at radius 2 is 1.58 bits per heavy atom. The van der Waals surface area contributed by atoms with Crippen molar-refractivity contribution in [3.8, 4) is 5.75 Å². The van der Waals surface area contributed by atoms with Crippen LogP contribution in [0.2, 0.25) is 0 Å². The highest BCUT2D eigenvalue weighted by Gasteiger charge is 2.04. The average molecular weight is 311 g/mol. The summed E-state index contributed by atoms with van der Waals surface area (Å²) in [5.74, 6) is 0.852. The molecule has 0 atom stereocenters. The molecule has 24 heavy (non-hydrogen) atoms. The van der Waals surface area contributed by atoms with Gasteiger partial charge in [0.2, 0.25) is 0 Å². The van der Waals surface area contributed by atoms with Crippen molar-refractivity contribution in [2.24, 2.45) is 4.99 Å². The molecule has 0 bridgehead atoms. The molecule has 0 radical (unpaired) electrons. The van der Waals surface area contributed by atoms with Crippen LogP contribution in [0.1, 0.15) is 5.56 Å². The first-order valence-electron chi connectivity index (χ1n) is 7.94. The summed E-state index contributed by atoms with van der Waals surface area (Å²) in [5.41, 5.74) is 2.27. The fourth-order valence-corrected chi connectivity index (χ4v) is 2.98. The molecule has 1 heterocycles. The second kappa shape index (κ2) is 6.17. The van der Waals surface area contributed by atoms with Crippen LogP contribution in [0.15, 0.2) is 77.8 Å². The maximum Gasteiger partial charge on any atom is 0.119 e. The van der Waals surface area contributed by atoms with Gasteiger partial charge in [-0.1, -0.05) is 54.6 Å². The van der Waals surface area contributed by atoms with Crippen molar-refractivity contribution >= 4 is 17.8 Å². The SMILES string of the molecule is COc1cccc(C2=c3ccccc3=NC=c3ccccc3=C2)c1. The zero-order valence-electron chi connectivity index (χ0n) is 13.4. The maximum atomic E-state index is 5.40. The molecule has 2 nitrogen and oxygen atoms in total. The van der Waals surface area contributed by atoms with Crippen molar-refractivity contribution in [2.45, 2.75) is 0 Å². The lowest BCUT2D eigenvalue weighted by Gasteiger charge is -2.08. The molecule has 0 unspecified atom stereocenters. The first-order chi connectivity index (χ1) is 11.8. The fourth-order valence-electron chi connectivity index (χ4n) is 2.98. The summed E-state index contributed by atoms with van der Waals surface area (Å²) < 4.78 is 5.40. The molecule has 3 aromatic carbocycles. The summed E-state index contributed by atoms with van der Waals surface area (Å²) in [6.07, 6.45) is 4.17. The van der Waals surface area contributed by atoms with E-state index in [4.69, 9.17) is 9.73 Å². The summed E-state index contributed by atoms with van der Waals surface area (Å²) in [6.45, 7) is 0. The standard InChI is InChI=1S/C22H17NO/c1-24-19-10-6-9-17(13-19)21-14-16-7-2-3-8-18(16)15-23-22-12-5-4-11-20(21)22/h2-15H,1H3. The lowest BCUT2D eigenvalue weighted by Crippen LogP contribution is -2.32. The number of nitrogens with zero attached hydrogens (tertiary/aromatic N) is 1. The van der Waals surface area contributed by atoms with Crippen molar-refractivity contribution < 1.29 is 4.74 Å². The number of ether oxygens (including phenoxy) is 1. The van der Waals surface area contributed by atoms with E-state index in [0.717, 1.165) is 37.9 Å². The second-order valence-electron chi connectivity index (χ2n) is 5.69. The Balaban J connectivity index is 2.15. The van der Waals surface area contributed by atoms with Gasteiger partial charge in [-0.15, -0.1) is 0 Å². The van der Waals surface area contributed by atoms with Gasteiger partial charge in [0.15, 0.2) is 0 Å². The molecule has 0 aromatic heterocycles. The minimum Gasteiger partial charge on any atom is -0.497 e. The van der Waals surface area contributed by atoms with Crippen LogP contribution in [0, 0.1) is 0 Å². The van der Waals surface area contributed by atoms with Gasteiger partial charge in [-0.25, -0.2) is 0 Å². The molecule has 116 valence electrons. The first-order valence-corrected chi connectivity index (χ1v) is 7.94. The molecule has 4 rings (SSSR count). The average Bonchev–Trinajstić information content (AvgIpc) is 2.64. The maximum absolute atomic E-state index is 5.40. The number of para-hydroxylation sites is 1. The Morgan fingerprint density at radius 1 is 0.792 bits per heavy atom. The van der Waals surface area contributed by atoms with E-state index < -0.39 is 0 Å². The Kier molecular flexibility index (Phi) is 3.72. The summed E-state index contributed by atoms with van der Waals surface area (Å²) in [5, 5.41) is 4.37. The Bertz CT molecular complexity index is 1140. The predicted molar refractivity (Wildman–Crippen MR) is 97.3 cm³/mol. The summed E-state index contributed by atoms with van der Waals surface area (Å²) >= 11 is 0. The van der Waals surface area contributed by atoms with Crippen LogP contribution in [0.4, 0.5) is 0 Å². The van der Waals surface area contributed by atoms with Crippen LogP contribution in [0.3, 0.4) is 0 Å². The van der Waals surface area contributed by atoms with E-state index in [0.29, 0.717) is 0 Å². The largest absolute Gasteiger partial charge is 0.497 e. The third kappa shape index (κ3) is 2.63. The van der Waals surface area contributed by atoms with Gasteiger partial charge in [-0.05, 0) is 45.8 Å². The molecular formula is C22H17NO. The van der Waals surface area contributed by atoms with Crippen molar-refractivity contribution in [3.05, 3.63) is 99.4 Å². The van der Waals surface area contributed by atoms with Crippen molar-refractivity contribution in [1.82, 2.24) is 0 Å². The zero-order chi connectivity index (χ0) is 16.4. The molecule has 1 aliphatic heterocycles. The van der Waals surface area contributed by atoms with E-state index in [9.17, 15) is 0 Å². The molecule has 0 saturated carbocycles. The minimum atomic E-state index is 0.852. The third-order valence-corrected chi connectivity index (χ3v) is 4.21. The van der Waals surface area contributed by atoms with Crippen LogP contribution in [0.25, 0.3) is 17.8 Å². The molecule has 0 saturated heterocycles. The molecule has 0 aliphatic carbocycles. The van der Waals surface area contributed by atoms with Gasteiger partial charge < -0.3 is 4.74 Å². The van der Waals surface area contributed by atoms with Gasteiger partial charge in [0.1, 0.15) is 5.75 Å². The predicted octanol–water partition coefficient (Wildman–Crippen LogP) is 1.75. The molecule has 0 N–H and O–H groups in total. The van der Waals surface area contributed by atoms with E-state index in [1.807, 2.05) is 36.5 Å². The van der Waals surface area contributed by atoms with Crippen LogP contribution in [0.5, 0.6) is 5.75 Å². The second-order valence-corrected chi connectivity index (χ2v) is 5.69. The highest BCUT2D eigenvalue weighted by Crippen LogP contribution is 2.19. The minimum absolute atomic E-state index is 0.852. The van der Waals surface area contributed by atoms with Crippen LogP contribution in [-0.2, 0) is 0 Å². The summed E-state index contributed by atoms with van der Waals surface area (Å²) in [6, 6.07) is 24.7. The number of fused-ring (bicyclic) bond motifs is 2. The van der Waals surface area contributed by atoms with Crippen LogP contribution in [-0.4, -0.2) is 7.11 Å². The first kappa shape index (κ1) is 14.5. The van der Waals surface area contributed by atoms with E-state index in [1.54, 1.807) is 7.11 Å². The monoisotopic (exact) mass is 311 g/mol. The fraction of sp³-hybridized carbons (Fsp3) is 0.0455. The Hall–Kier alpha value is -3.13. The van der Waals surface area contributed by atoms with Gasteiger partial charge in [-0.3, -0.25) is 4.99 Å². The van der Waals surface area contributed by atoms with Gasteiger partial charge >= 0.3 is 0 Å². The number of hydrogen-bond donors (Lipinski definition) is 0. The highest BCUT2D eigenvalue weighted by molar-refractivity contribution is 5.88. The number of methoxy groups -OCH3 is 1. The highest BCUT2D eigenvalue weighted by atomic mass is 16.5. The number of hydrogen-bond acceptors (Lipinski definition) is 2. The van der Waals surface area contributed by atoms with Gasteiger partial charge in [-0.2, -0.15) is 0 Å². The third-order valence-electron chi connectivity index (χ3n) is 4.21. The molecule has 0 spiro atoms. The van der Waals surface area contributed by atoms with Crippen molar-refractivity contribution in [2.75, 3.05) is 7.11 Å². The van der Waals surface area contributed by atoms with E-state index in [2.05, 4.69) is 48.5 Å². The van der Waals surface area contributed by atoms with E-state index in [-0.39, 0.29) is 0 Å². The number of rotatable bonds is 2. The molecule has 1 aliphatic rings. The lowest BCUT2D eigenvalue weighted by molar-refractivity contribution is 0.414. The van der Waals surface area contributed by atoms with Gasteiger partial charge in [0, 0.05) is 11.4 Å².